The highest BCUT2D eigenvalue weighted by molar-refractivity contribution is 6.31. The number of hydrogen-bond donors (Lipinski definition) is 0. The largest absolute Gasteiger partial charge is 0.497 e. The van der Waals surface area contributed by atoms with Crippen molar-refractivity contribution in [3.63, 3.8) is 0 Å². The minimum absolute atomic E-state index is 0.132. The topological polar surface area (TPSA) is 46.2 Å². The van der Waals surface area contributed by atoms with E-state index in [1.807, 2.05) is 36.4 Å². The van der Waals surface area contributed by atoms with Crippen molar-refractivity contribution >= 4 is 23.2 Å². The molecule has 0 radical (unpaired) electrons. The van der Waals surface area contributed by atoms with Gasteiger partial charge < -0.3 is 23.7 Å². The fraction of sp³-hybridized carbons (Fsp3) is 0.510. The summed E-state index contributed by atoms with van der Waals surface area (Å²) in [5.74, 6) is 3.87. The minimum atomic E-state index is -0.758. The highest BCUT2D eigenvalue weighted by Gasteiger charge is 2.50. The van der Waals surface area contributed by atoms with E-state index in [1.165, 1.54) is 16.7 Å². The summed E-state index contributed by atoms with van der Waals surface area (Å²) in [5, 5.41) is 1.57. The van der Waals surface area contributed by atoms with Crippen LogP contribution in [-0.2, 0) is 32.8 Å². The maximum atomic E-state index is 6.65. The summed E-state index contributed by atoms with van der Waals surface area (Å²) in [6.07, 6.45) is 4.20. The van der Waals surface area contributed by atoms with E-state index in [-0.39, 0.29) is 18.1 Å². The lowest BCUT2D eigenvalue weighted by atomic mass is 9.72. The van der Waals surface area contributed by atoms with Crippen molar-refractivity contribution in [3.05, 3.63) is 128 Å². The molecule has 0 spiro atoms. The van der Waals surface area contributed by atoms with Gasteiger partial charge in [0.2, 0.25) is 0 Å². The maximum Gasteiger partial charge on any atom is 0.197 e. The van der Waals surface area contributed by atoms with Crippen LogP contribution in [0.4, 0.5) is 0 Å². The van der Waals surface area contributed by atoms with Crippen molar-refractivity contribution in [1.82, 2.24) is 0 Å². The molecule has 0 unspecified atom stereocenters. The van der Waals surface area contributed by atoms with Gasteiger partial charge in [0.15, 0.2) is 5.79 Å². The van der Waals surface area contributed by atoms with E-state index < -0.39 is 5.79 Å². The van der Waals surface area contributed by atoms with Gasteiger partial charge in [-0.05, 0) is 126 Å². The first-order valence-corrected chi connectivity index (χ1v) is 21.3. The standard InChI is InChI=1S/C25H33ClO3.C24H31ClO2/c1-7-24-17(3)16(2)18(4)25(28-6,29-24)21-10-13-23(26)20(15-21)14-19-8-11-22(27-5)12-9-19;1-6-23-16(3)15(2)17(4)24(27-23)19-9-12-22(25)20(14-19)13-18-7-10-21(26-5)11-8-18/h8-13,15-18,24H,7,14H2,1-6H3;7-12,14-17,23-24H,6,13H2,1-5H3/t16-,17-,18+,24+,25+;15-,16-,17+,23+,24+/m00/s1. The predicted molar refractivity (Wildman–Crippen MR) is 231 cm³/mol. The Kier molecular flexibility index (Phi) is 15.4. The third kappa shape index (κ3) is 9.62. The molecular weight excluding hydrogens is 739 g/mol. The lowest BCUT2D eigenvalue weighted by molar-refractivity contribution is -0.328. The smallest absolute Gasteiger partial charge is 0.197 e. The van der Waals surface area contributed by atoms with Crippen LogP contribution in [0.3, 0.4) is 0 Å². The first kappa shape index (κ1) is 44.1. The fourth-order valence-corrected chi connectivity index (χ4v) is 9.23. The highest BCUT2D eigenvalue weighted by atomic mass is 35.5. The molecule has 4 aromatic rings. The average molecular weight is 804 g/mol. The van der Waals surface area contributed by atoms with Crippen molar-refractivity contribution in [2.24, 2.45) is 35.5 Å². The van der Waals surface area contributed by atoms with Crippen LogP contribution in [0.2, 0.25) is 10.0 Å². The Morgan fingerprint density at radius 1 is 0.571 bits per heavy atom. The van der Waals surface area contributed by atoms with E-state index >= 15 is 0 Å². The summed E-state index contributed by atoms with van der Waals surface area (Å²) in [5.41, 5.74) is 6.91. The van der Waals surface area contributed by atoms with Crippen molar-refractivity contribution in [2.45, 2.75) is 105 Å². The van der Waals surface area contributed by atoms with Crippen LogP contribution < -0.4 is 9.47 Å². The summed E-state index contributed by atoms with van der Waals surface area (Å²) in [6.45, 7) is 18.2. The lowest BCUT2D eigenvalue weighted by Crippen LogP contribution is -2.52. The zero-order chi connectivity index (χ0) is 40.7. The van der Waals surface area contributed by atoms with Crippen LogP contribution in [0.15, 0.2) is 84.9 Å². The molecule has 2 aliphatic heterocycles. The van der Waals surface area contributed by atoms with Gasteiger partial charge in [-0.15, -0.1) is 0 Å². The molecule has 2 fully saturated rings. The lowest BCUT2D eigenvalue weighted by Gasteiger charge is -2.51. The Bertz CT molecular complexity index is 1840. The quantitative estimate of drug-likeness (QED) is 0.151. The molecule has 2 saturated heterocycles. The summed E-state index contributed by atoms with van der Waals surface area (Å²) in [7, 11) is 5.12. The van der Waals surface area contributed by atoms with Gasteiger partial charge in [0.05, 0.1) is 32.5 Å². The van der Waals surface area contributed by atoms with Gasteiger partial charge >= 0.3 is 0 Å². The van der Waals surface area contributed by atoms with E-state index in [0.29, 0.717) is 35.7 Å². The van der Waals surface area contributed by atoms with E-state index in [9.17, 15) is 0 Å². The van der Waals surface area contributed by atoms with Crippen LogP contribution in [-0.4, -0.2) is 33.5 Å². The highest BCUT2D eigenvalue weighted by Crippen LogP contribution is 2.49. The monoisotopic (exact) mass is 802 g/mol. The molecule has 0 aliphatic carbocycles. The molecular formula is C49H64Cl2O5. The molecule has 304 valence electrons. The second-order valence-corrected chi connectivity index (χ2v) is 17.0. The third-order valence-electron chi connectivity index (χ3n) is 13.2. The molecule has 2 heterocycles. The van der Waals surface area contributed by atoms with Crippen LogP contribution in [0.1, 0.15) is 108 Å². The zero-order valence-electron chi connectivity index (χ0n) is 35.4. The molecule has 4 aromatic carbocycles. The molecule has 6 rings (SSSR count). The average Bonchev–Trinajstić information content (AvgIpc) is 3.22. The molecule has 0 amide bonds. The number of methoxy groups -OCH3 is 3. The third-order valence-corrected chi connectivity index (χ3v) is 14.0. The Morgan fingerprint density at radius 3 is 1.57 bits per heavy atom. The van der Waals surface area contributed by atoms with Gasteiger partial charge in [-0.25, -0.2) is 0 Å². The number of ether oxygens (including phenoxy) is 5. The molecule has 0 N–H and O–H groups in total. The van der Waals surface area contributed by atoms with Crippen molar-refractivity contribution in [3.8, 4) is 11.5 Å². The second-order valence-electron chi connectivity index (χ2n) is 16.2. The summed E-state index contributed by atoms with van der Waals surface area (Å²) < 4.78 is 29.8. The van der Waals surface area contributed by atoms with E-state index in [0.717, 1.165) is 63.9 Å². The Hall–Kier alpha value is -3.06. The Balaban J connectivity index is 0.000000215. The van der Waals surface area contributed by atoms with Gasteiger partial charge in [0, 0.05) is 28.6 Å². The predicted octanol–water partition coefficient (Wildman–Crippen LogP) is 13.2. The maximum absolute atomic E-state index is 6.65. The molecule has 0 saturated carbocycles. The van der Waals surface area contributed by atoms with Crippen molar-refractivity contribution in [2.75, 3.05) is 21.3 Å². The van der Waals surface area contributed by atoms with Crippen LogP contribution in [0.5, 0.6) is 11.5 Å². The van der Waals surface area contributed by atoms with Crippen LogP contribution >= 0.6 is 23.2 Å². The molecule has 5 nitrogen and oxygen atoms in total. The van der Waals surface area contributed by atoms with Gasteiger partial charge in [-0.2, -0.15) is 0 Å². The van der Waals surface area contributed by atoms with E-state index in [4.69, 9.17) is 46.9 Å². The Morgan fingerprint density at radius 2 is 1.07 bits per heavy atom. The van der Waals surface area contributed by atoms with E-state index in [2.05, 4.69) is 104 Å². The second kappa shape index (κ2) is 19.6. The Labute approximate surface area is 347 Å². The first-order chi connectivity index (χ1) is 26.8. The SMILES string of the molecule is CC[C@H]1O[C@@H](c2ccc(Cl)c(Cc3ccc(OC)cc3)c2)[C@H](C)[C@@H](C)[C@@H]1C.CC[C@H]1O[C@@](OC)(c2ccc(Cl)c(Cc3ccc(OC)cc3)c2)[C@H](C)[C@@H](C)[C@@H]1C. The van der Waals surface area contributed by atoms with E-state index in [1.54, 1.807) is 21.3 Å². The molecule has 10 atom stereocenters. The molecule has 0 bridgehead atoms. The van der Waals surface area contributed by atoms with Crippen LogP contribution in [0.25, 0.3) is 0 Å². The van der Waals surface area contributed by atoms with Crippen molar-refractivity contribution in [1.29, 1.82) is 0 Å². The first-order valence-electron chi connectivity index (χ1n) is 20.5. The van der Waals surface area contributed by atoms with Gasteiger partial charge in [0.1, 0.15) is 11.5 Å². The summed E-state index contributed by atoms with van der Waals surface area (Å²) >= 11 is 13.1. The molecule has 2 aliphatic rings. The van der Waals surface area contributed by atoms with Gasteiger partial charge in [-0.3, -0.25) is 0 Å². The molecule has 56 heavy (non-hydrogen) atoms. The van der Waals surface area contributed by atoms with Crippen molar-refractivity contribution < 1.29 is 23.7 Å². The normalized spacial score (nSPS) is 28.9. The fourth-order valence-electron chi connectivity index (χ4n) is 8.86. The van der Waals surface area contributed by atoms with Crippen LogP contribution in [0, 0.1) is 35.5 Å². The number of halogens is 2. The van der Waals surface area contributed by atoms with Gasteiger partial charge in [0.25, 0.3) is 0 Å². The van der Waals surface area contributed by atoms with Gasteiger partial charge in [-0.1, -0.05) is 121 Å². The number of hydrogen-bond acceptors (Lipinski definition) is 5. The minimum Gasteiger partial charge on any atom is -0.497 e. The number of rotatable bonds is 11. The molecule has 0 aromatic heterocycles. The molecule has 7 heteroatoms. The zero-order valence-corrected chi connectivity index (χ0v) is 36.9. The summed E-state index contributed by atoms with van der Waals surface area (Å²) in [4.78, 5) is 0. The number of benzene rings is 4. The summed E-state index contributed by atoms with van der Waals surface area (Å²) in [6, 6.07) is 28.9.